The number of hydrogen-bond acceptors (Lipinski definition) is 4. The molecule has 2 aliphatic rings. The number of hydrogen-bond donors (Lipinski definition) is 0. The van der Waals surface area contributed by atoms with Crippen LogP contribution in [0.4, 0.5) is 0 Å². The summed E-state index contributed by atoms with van der Waals surface area (Å²) in [5.74, 6) is 0.363. The minimum absolute atomic E-state index is 0.0568. The van der Waals surface area contributed by atoms with Crippen molar-refractivity contribution >= 4 is 5.78 Å². The van der Waals surface area contributed by atoms with E-state index in [4.69, 9.17) is 4.74 Å². The lowest BCUT2D eigenvalue weighted by Crippen LogP contribution is -2.27. The molecule has 1 aromatic rings. The van der Waals surface area contributed by atoms with Crippen molar-refractivity contribution in [1.82, 2.24) is 0 Å². The molecule has 0 heterocycles. The first-order valence-electron chi connectivity index (χ1n) is 6.92. The fourth-order valence-corrected chi connectivity index (χ4v) is 3.82. The molecule has 0 radical (unpaired) electrons. The number of methoxy groups -OCH3 is 1. The zero-order chi connectivity index (χ0) is 14.3. The molecule has 2 fully saturated rings. The van der Waals surface area contributed by atoms with Gasteiger partial charge in [0.05, 0.1) is 13.0 Å². The molecule has 0 unspecified atom stereocenters. The minimum Gasteiger partial charge on any atom is -0.496 e. The molecule has 2 aliphatic carbocycles. The van der Waals surface area contributed by atoms with Crippen LogP contribution in [0.1, 0.15) is 37.2 Å². The van der Waals surface area contributed by atoms with Gasteiger partial charge in [0.1, 0.15) is 16.9 Å². The number of carbonyl (C=O) groups is 1. The summed E-state index contributed by atoms with van der Waals surface area (Å²) in [5, 5.41) is 11.4. The van der Waals surface area contributed by atoms with E-state index in [1.807, 2.05) is 18.2 Å². The molecule has 0 N–H and O–H groups in total. The Morgan fingerprint density at radius 2 is 2.10 bits per heavy atom. The second-order valence-corrected chi connectivity index (χ2v) is 5.62. The molecule has 5 heteroatoms. The molecule has 0 amide bonds. The number of Topliss-reactive ketones (excluding diaryl/α,β-unsaturated/α-hetero) is 1. The minimum atomic E-state index is -0.786. The Balaban J connectivity index is 2.04. The van der Waals surface area contributed by atoms with Crippen LogP contribution in [0.5, 0.6) is 5.75 Å². The number of benzene rings is 1. The molecule has 0 aromatic heterocycles. The van der Waals surface area contributed by atoms with E-state index in [0.717, 1.165) is 18.4 Å². The fraction of sp³-hybridized carbons (Fsp3) is 0.533. The van der Waals surface area contributed by atoms with Crippen molar-refractivity contribution < 1.29 is 14.5 Å². The molecule has 20 heavy (non-hydrogen) atoms. The summed E-state index contributed by atoms with van der Waals surface area (Å²) in [6, 6.07) is 6.53. The standard InChI is InChI=1S/C15H17NO4/c1-20-11-7-3-2-6-10(11)13-14(16(18)19)15(13)9-5-4-8-12(15)17/h2-3,6-7,13-14H,4-5,8-9H2,1H3/t13-,14-,15-/m1/s1. The highest BCUT2D eigenvalue weighted by atomic mass is 16.6. The highest BCUT2D eigenvalue weighted by molar-refractivity contribution is 5.91. The number of rotatable bonds is 3. The topological polar surface area (TPSA) is 69.4 Å². The van der Waals surface area contributed by atoms with Crippen LogP contribution >= 0.6 is 0 Å². The monoisotopic (exact) mass is 275 g/mol. The molecule has 106 valence electrons. The third kappa shape index (κ3) is 1.65. The molecule has 3 rings (SSSR count). The molecule has 1 aromatic carbocycles. The van der Waals surface area contributed by atoms with Crippen LogP contribution in [0.2, 0.25) is 0 Å². The third-order valence-corrected chi connectivity index (χ3v) is 4.75. The summed E-state index contributed by atoms with van der Waals surface area (Å²) in [7, 11) is 1.55. The molecule has 0 aliphatic heterocycles. The normalized spacial score (nSPS) is 32.1. The Bertz CT molecular complexity index is 571. The maximum Gasteiger partial charge on any atom is 0.234 e. The first-order chi connectivity index (χ1) is 9.63. The Morgan fingerprint density at radius 3 is 2.75 bits per heavy atom. The summed E-state index contributed by atoms with van der Waals surface area (Å²) in [5.41, 5.74) is 0.0167. The highest BCUT2D eigenvalue weighted by Gasteiger charge is 2.78. The molecular formula is C15H17NO4. The number of para-hydroxylation sites is 1. The van der Waals surface area contributed by atoms with Crippen LogP contribution in [0.3, 0.4) is 0 Å². The SMILES string of the molecule is COc1ccccc1[C@@H]1[C@@H]([N+](=O)[O-])[C@@]12CCCCC2=O. The number of nitrogens with zero attached hydrogens (tertiary/aromatic N) is 1. The van der Waals surface area contributed by atoms with Gasteiger partial charge in [0.25, 0.3) is 0 Å². The van der Waals surface area contributed by atoms with E-state index in [1.165, 1.54) is 0 Å². The zero-order valence-corrected chi connectivity index (χ0v) is 11.4. The molecule has 1 spiro atoms. The maximum absolute atomic E-state index is 12.3. The van der Waals surface area contributed by atoms with Gasteiger partial charge in [-0.2, -0.15) is 0 Å². The number of nitro groups is 1. The van der Waals surface area contributed by atoms with Crippen molar-refractivity contribution in [2.24, 2.45) is 5.41 Å². The van der Waals surface area contributed by atoms with Crippen LogP contribution in [-0.4, -0.2) is 23.9 Å². The Kier molecular flexibility index (Phi) is 3.00. The quantitative estimate of drug-likeness (QED) is 0.628. The van der Waals surface area contributed by atoms with Crippen LogP contribution in [0, 0.1) is 15.5 Å². The predicted molar refractivity (Wildman–Crippen MR) is 72.4 cm³/mol. The molecule has 5 nitrogen and oxygen atoms in total. The summed E-state index contributed by atoms with van der Waals surface area (Å²) in [6.07, 6.45) is 2.83. The molecular weight excluding hydrogens is 258 g/mol. The summed E-state index contributed by atoms with van der Waals surface area (Å²) < 4.78 is 5.31. The second-order valence-electron chi connectivity index (χ2n) is 5.62. The van der Waals surface area contributed by atoms with Crippen LogP contribution in [0.15, 0.2) is 24.3 Å². The molecule has 2 saturated carbocycles. The van der Waals surface area contributed by atoms with Crippen molar-refractivity contribution in [3.8, 4) is 5.75 Å². The lowest BCUT2D eigenvalue weighted by molar-refractivity contribution is -0.502. The average Bonchev–Trinajstić information content (AvgIpc) is 3.12. The lowest BCUT2D eigenvalue weighted by atomic mass is 9.81. The Labute approximate surface area is 117 Å². The number of ketones is 1. The first kappa shape index (κ1) is 13.1. The van der Waals surface area contributed by atoms with Gasteiger partial charge in [-0.05, 0) is 18.9 Å². The van der Waals surface area contributed by atoms with Gasteiger partial charge in [0, 0.05) is 16.9 Å². The zero-order valence-electron chi connectivity index (χ0n) is 11.4. The van der Waals surface area contributed by atoms with Crippen LogP contribution in [-0.2, 0) is 4.79 Å². The molecule has 0 saturated heterocycles. The third-order valence-electron chi connectivity index (χ3n) is 4.75. The van der Waals surface area contributed by atoms with E-state index in [2.05, 4.69) is 0 Å². The molecule has 0 bridgehead atoms. The van der Waals surface area contributed by atoms with Crippen molar-refractivity contribution in [3.63, 3.8) is 0 Å². The van der Waals surface area contributed by atoms with E-state index in [-0.39, 0.29) is 16.6 Å². The van der Waals surface area contributed by atoms with E-state index in [1.54, 1.807) is 13.2 Å². The Hall–Kier alpha value is -1.91. The average molecular weight is 275 g/mol. The summed E-state index contributed by atoms with van der Waals surface area (Å²) in [4.78, 5) is 23.4. The van der Waals surface area contributed by atoms with E-state index < -0.39 is 11.5 Å². The molecule has 3 atom stereocenters. The predicted octanol–water partition coefficient (Wildman–Crippen LogP) is 2.57. The van der Waals surface area contributed by atoms with Gasteiger partial charge in [-0.3, -0.25) is 14.9 Å². The number of carbonyl (C=O) groups excluding carboxylic acids is 1. The van der Waals surface area contributed by atoms with E-state index in [9.17, 15) is 14.9 Å². The van der Waals surface area contributed by atoms with Crippen molar-refractivity contribution in [3.05, 3.63) is 39.9 Å². The smallest absolute Gasteiger partial charge is 0.234 e. The fourth-order valence-electron chi connectivity index (χ4n) is 3.82. The summed E-state index contributed by atoms with van der Waals surface area (Å²) >= 11 is 0. The summed E-state index contributed by atoms with van der Waals surface area (Å²) in [6.45, 7) is 0. The van der Waals surface area contributed by atoms with Crippen molar-refractivity contribution in [2.45, 2.75) is 37.6 Å². The highest BCUT2D eigenvalue weighted by Crippen LogP contribution is 2.67. The van der Waals surface area contributed by atoms with Gasteiger partial charge in [-0.1, -0.05) is 24.6 Å². The van der Waals surface area contributed by atoms with Crippen molar-refractivity contribution in [1.29, 1.82) is 0 Å². The van der Waals surface area contributed by atoms with Gasteiger partial charge in [-0.25, -0.2) is 0 Å². The van der Waals surface area contributed by atoms with Crippen LogP contribution < -0.4 is 4.74 Å². The van der Waals surface area contributed by atoms with Gasteiger partial charge in [-0.15, -0.1) is 0 Å². The lowest BCUT2D eigenvalue weighted by Gasteiger charge is -2.19. The van der Waals surface area contributed by atoms with E-state index in [0.29, 0.717) is 18.6 Å². The van der Waals surface area contributed by atoms with Gasteiger partial charge < -0.3 is 4.74 Å². The maximum atomic E-state index is 12.3. The van der Waals surface area contributed by atoms with Crippen LogP contribution in [0.25, 0.3) is 0 Å². The van der Waals surface area contributed by atoms with E-state index >= 15 is 0 Å². The first-order valence-corrected chi connectivity index (χ1v) is 6.92. The number of ether oxygens (including phenoxy) is 1. The van der Waals surface area contributed by atoms with Crippen molar-refractivity contribution in [2.75, 3.05) is 7.11 Å². The van der Waals surface area contributed by atoms with Gasteiger partial charge in [0.15, 0.2) is 0 Å². The Morgan fingerprint density at radius 1 is 1.35 bits per heavy atom. The van der Waals surface area contributed by atoms with Gasteiger partial charge >= 0.3 is 0 Å². The second kappa shape index (κ2) is 4.58. The van der Waals surface area contributed by atoms with Gasteiger partial charge in [0.2, 0.25) is 6.04 Å². The largest absolute Gasteiger partial charge is 0.496 e.